The fraction of sp³-hybridized carbons (Fsp3) is 0.125. The number of rotatable bonds is 1. The molecule has 7 heteroatoms. The molecule has 2 rings (SSSR count). The van der Waals surface area contributed by atoms with Crippen LogP contribution in [0.25, 0.3) is 10.9 Å². The van der Waals surface area contributed by atoms with E-state index in [1.807, 2.05) is 0 Å². The van der Waals surface area contributed by atoms with Crippen LogP contribution in [-0.2, 0) is 18.1 Å². The van der Waals surface area contributed by atoms with Gasteiger partial charge in [0.2, 0.25) is 11.1 Å². The van der Waals surface area contributed by atoms with Crippen molar-refractivity contribution in [3.05, 3.63) is 23.2 Å². The summed E-state index contributed by atoms with van der Waals surface area (Å²) in [6.45, 7) is 0. The van der Waals surface area contributed by atoms with E-state index in [0.29, 0.717) is 15.9 Å². The third-order valence-electron chi connectivity index (χ3n) is 1.92. The topological polar surface area (TPSA) is 55.1 Å². The Labute approximate surface area is 108 Å². The first-order chi connectivity index (χ1) is 6.61. The second kappa shape index (κ2) is 4.68. The molecule has 0 radical (unpaired) electrons. The number of aromatic nitrogens is 2. The molecule has 15 heavy (non-hydrogen) atoms. The van der Waals surface area contributed by atoms with Crippen molar-refractivity contribution in [1.82, 2.24) is 9.78 Å². The molecular weight excluding hydrogens is 231 g/mol. The van der Waals surface area contributed by atoms with Crippen molar-refractivity contribution in [3.63, 3.8) is 0 Å². The van der Waals surface area contributed by atoms with Crippen LogP contribution < -0.4 is 18.9 Å². The Hall–Kier alpha value is -0.313. The fourth-order valence-electron chi connectivity index (χ4n) is 1.38. The normalized spacial score (nSPS) is 12.5. The molecule has 1 N–H and O–H groups in total. The van der Waals surface area contributed by atoms with Crippen molar-refractivity contribution in [3.8, 4) is 0 Å². The molecule has 0 aliphatic carbocycles. The maximum atomic E-state index is 11.0. The third-order valence-corrected chi connectivity index (χ3v) is 3.04. The molecule has 0 bridgehead atoms. The summed E-state index contributed by atoms with van der Waals surface area (Å²) in [4.78, 5) is 0. The van der Waals surface area contributed by atoms with Gasteiger partial charge >= 0.3 is 18.9 Å². The van der Waals surface area contributed by atoms with Gasteiger partial charge in [0, 0.05) is 7.05 Å². The molecule has 0 spiro atoms. The van der Waals surface area contributed by atoms with Crippen LogP contribution in [0.5, 0.6) is 0 Å². The molecule has 1 heterocycles. The molecule has 0 fully saturated rings. The Morgan fingerprint density at radius 1 is 1.60 bits per heavy atom. The fourth-order valence-corrected chi connectivity index (χ4v) is 2.35. The van der Waals surface area contributed by atoms with Gasteiger partial charge in [-0.1, -0.05) is 17.7 Å². The van der Waals surface area contributed by atoms with Crippen LogP contribution in [-0.4, -0.2) is 18.5 Å². The number of benzene rings is 1. The van der Waals surface area contributed by atoms with Crippen molar-refractivity contribution in [2.75, 3.05) is 0 Å². The summed E-state index contributed by atoms with van der Waals surface area (Å²) in [6.07, 6.45) is 0. The zero-order valence-electron chi connectivity index (χ0n) is 9.27. The maximum Gasteiger partial charge on any atom is 1.00 e. The second-order valence-corrected chi connectivity index (χ2v) is 4.10. The van der Waals surface area contributed by atoms with Gasteiger partial charge in [-0.25, -0.2) is 4.21 Å². The maximum absolute atomic E-state index is 11.0. The standard InChI is InChI=1S/C8H7ClN2O2S.Li.H/c1-11-8(14(12)13)7-5(9)3-2-4-6(7)10-11;;/h2-4H,1H3,(H,12,13);;/q;+1;-1. The van der Waals surface area contributed by atoms with E-state index in [4.69, 9.17) is 16.2 Å². The summed E-state index contributed by atoms with van der Waals surface area (Å²) in [5.74, 6) is 0. The van der Waals surface area contributed by atoms with E-state index in [1.54, 1.807) is 25.2 Å². The van der Waals surface area contributed by atoms with Gasteiger partial charge in [-0.2, -0.15) is 5.10 Å². The second-order valence-electron chi connectivity index (χ2n) is 2.81. The molecule has 0 saturated heterocycles. The first-order valence-corrected chi connectivity index (χ1v) is 5.32. The van der Waals surface area contributed by atoms with E-state index in [-0.39, 0.29) is 25.3 Å². The minimum absolute atomic E-state index is 0. The quantitative estimate of drug-likeness (QED) is 0.508. The number of hydrogen-bond acceptors (Lipinski definition) is 2. The van der Waals surface area contributed by atoms with Gasteiger partial charge in [0.25, 0.3) is 0 Å². The van der Waals surface area contributed by atoms with Crippen LogP contribution in [0.2, 0.25) is 5.02 Å². The Kier molecular flexibility index (Phi) is 3.98. The summed E-state index contributed by atoms with van der Waals surface area (Å²) >= 11 is 3.84. The average Bonchev–Trinajstić information content (AvgIpc) is 2.42. The number of nitrogens with zero attached hydrogens (tertiary/aromatic N) is 2. The minimum Gasteiger partial charge on any atom is -1.00 e. The number of hydrogen-bond donors (Lipinski definition) is 1. The number of fused-ring (bicyclic) bond motifs is 1. The van der Waals surface area contributed by atoms with Crippen LogP contribution in [0.4, 0.5) is 0 Å². The molecule has 0 aliphatic rings. The predicted octanol–water partition coefficient (Wildman–Crippen LogP) is -1.08. The van der Waals surface area contributed by atoms with Crippen LogP contribution >= 0.6 is 11.6 Å². The van der Waals surface area contributed by atoms with Crippen LogP contribution in [0.1, 0.15) is 1.43 Å². The zero-order chi connectivity index (χ0) is 10.3. The minimum atomic E-state index is -2.08. The summed E-state index contributed by atoms with van der Waals surface area (Å²) in [5, 5.41) is 5.28. The first-order valence-electron chi connectivity index (χ1n) is 3.83. The van der Waals surface area contributed by atoms with E-state index in [9.17, 15) is 4.21 Å². The van der Waals surface area contributed by atoms with E-state index in [2.05, 4.69) is 5.10 Å². The van der Waals surface area contributed by atoms with E-state index >= 15 is 0 Å². The SMILES string of the molecule is Cn1nc2cccc(Cl)c2c1S(=O)O.[H-].[Li+]. The monoisotopic (exact) mass is 238 g/mol. The van der Waals surface area contributed by atoms with Gasteiger partial charge < -0.3 is 5.98 Å². The molecule has 1 unspecified atom stereocenters. The van der Waals surface area contributed by atoms with Crippen LogP contribution in [0.3, 0.4) is 0 Å². The third kappa shape index (κ3) is 2.12. The van der Waals surface area contributed by atoms with E-state index < -0.39 is 11.1 Å². The van der Waals surface area contributed by atoms with Crippen molar-refractivity contribution in [2.45, 2.75) is 5.03 Å². The van der Waals surface area contributed by atoms with Crippen LogP contribution in [0, 0.1) is 0 Å². The molecule has 76 valence electrons. The van der Waals surface area contributed by atoms with Gasteiger partial charge in [-0.05, 0) is 12.1 Å². The first kappa shape index (κ1) is 12.8. The summed E-state index contributed by atoms with van der Waals surface area (Å²) in [6, 6.07) is 5.17. The average molecular weight is 239 g/mol. The number of aryl methyl sites for hydroxylation is 1. The Morgan fingerprint density at radius 2 is 2.27 bits per heavy atom. The number of halogens is 1. The Balaban J connectivity index is 0.00000112. The Bertz CT molecular complexity index is 534. The molecule has 1 aromatic carbocycles. The predicted molar refractivity (Wildman–Crippen MR) is 55.9 cm³/mol. The van der Waals surface area contributed by atoms with Crippen molar-refractivity contribution < 1.29 is 29.0 Å². The van der Waals surface area contributed by atoms with E-state index in [0.717, 1.165) is 0 Å². The van der Waals surface area contributed by atoms with Crippen molar-refractivity contribution in [1.29, 1.82) is 0 Å². The molecule has 0 aliphatic heterocycles. The molecule has 0 amide bonds. The van der Waals surface area contributed by atoms with Crippen molar-refractivity contribution in [2.24, 2.45) is 7.05 Å². The van der Waals surface area contributed by atoms with Crippen LogP contribution in [0.15, 0.2) is 23.2 Å². The molecule has 4 nitrogen and oxygen atoms in total. The van der Waals surface area contributed by atoms with Gasteiger partial charge in [0.05, 0.1) is 15.9 Å². The van der Waals surface area contributed by atoms with Gasteiger partial charge in [-0.15, -0.1) is 0 Å². The summed E-state index contributed by atoms with van der Waals surface area (Å²) in [7, 11) is 1.61. The molecule has 1 aromatic heterocycles. The molecule has 2 aromatic rings. The summed E-state index contributed by atoms with van der Waals surface area (Å²) < 4.78 is 21.5. The largest absolute Gasteiger partial charge is 1.00 e. The summed E-state index contributed by atoms with van der Waals surface area (Å²) in [5.41, 5.74) is 0.623. The van der Waals surface area contributed by atoms with Gasteiger partial charge in [0.15, 0.2) is 5.03 Å². The molecule has 1 atom stereocenters. The van der Waals surface area contributed by atoms with Crippen molar-refractivity contribution >= 4 is 33.6 Å². The Morgan fingerprint density at radius 3 is 2.87 bits per heavy atom. The van der Waals surface area contributed by atoms with Gasteiger partial charge in [0.1, 0.15) is 0 Å². The van der Waals surface area contributed by atoms with Gasteiger partial charge in [-0.3, -0.25) is 4.68 Å². The molecular formula is C8H8ClLiN2O2S. The zero-order valence-corrected chi connectivity index (χ0v) is 9.84. The molecule has 0 saturated carbocycles. The van der Waals surface area contributed by atoms with E-state index in [1.165, 1.54) is 4.68 Å². The smallest absolute Gasteiger partial charge is 1.00 e.